The lowest BCUT2D eigenvalue weighted by atomic mass is 10.2. The summed E-state index contributed by atoms with van der Waals surface area (Å²) < 4.78 is 4.91. The van der Waals surface area contributed by atoms with Crippen LogP contribution >= 0.6 is 0 Å². The molecule has 0 heterocycles. The standard InChI is InChI=1S/C9H20N2O2/c1-10-8-9(12)11-6-4-3-5-7-13-2/h10H,3-8H2,1-2H3,(H,11,12). The van der Waals surface area contributed by atoms with Gasteiger partial charge in [0.2, 0.25) is 5.91 Å². The third-order valence-corrected chi connectivity index (χ3v) is 1.68. The molecule has 4 nitrogen and oxygen atoms in total. The molecule has 0 saturated carbocycles. The highest BCUT2D eigenvalue weighted by Crippen LogP contribution is 1.93. The predicted octanol–water partition coefficient (Wildman–Crippen LogP) is 0.139. The van der Waals surface area contributed by atoms with Crippen molar-refractivity contribution in [2.24, 2.45) is 0 Å². The molecular weight excluding hydrogens is 168 g/mol. The molecule has 0 aliphatic carbocycles. The van der Waals surface area contributed by atoms with Gasteiger partial charge in [-0.3, -0.25) is 4.79 Å². The minimum absolute atomic E-state index is 0.0641. The summed E-state index contributed by atoms with van der Waals surface area (Å²) in [7, 11) is 3.47. The first-order chi connectivity index (χ1) is 6.31. The zero-order chi connectivity index (χ0) is 9.94. The van der Waals surface area contributed by atoms with Gasteiger partial charge in [0.15, 0.2) is 0 Å². The SMILES string of the molecule is CNCC(=O)NCCCCCOC. The molecule has 0 aromatic heterocycles. The van der Waals surface area contributed by atoms with Crippen LogP contribution in [0.3, 0.4) is 0 Å². The summed E-state index contributed by atoms with van der Waals surface area (Å²) in [5.74, 6) is 0.0641. The van der Waals surface area contributed by atoms with Crippen LogP contribution in [0.2, 0.25) is 0 Å². The maximum Gasteiger partial charge on any atom is 0.233 e. The average molecular weight is 188 g/mol. The van der Waals surface area contributed by atoms with Crippen LogP contribution in [0.15, 0.2) is 0 Å². The van der Waals surface area contributed by atoms with Gasteiger partial charge in [0.1, 0.15) is 0 Å². The van der Waals surface area contributed by atoms with Crippen LogP contribution in [0.4, 0.5) is 0 Å². The molecule has 2 N–H and O–H groups in total. The highest BCUT2D eigenvalue weighted by atomic mass is 16.5. The molecule has 0 aromatic carbocycles. The summed E-state index contributed by atoms with van der Waals surface area (Å²) in [5.41, 5.74) is 0. The van der Waals surface area contributed by atoms with E-state index in [4.69, 9.17) is 4.74 Å². The van der Waals surface area contributed by atoms with Crippen LogP contribution in [0.1, 0.15) is 19.3 Å². The first-order valence-corrected chi connectivity index (χ1v) is 4.71. The van der Waals surface area contributed by atoms with Gasteiger partial charge in [-0.2, -0.15) is 0 Å². The Balaban J connectivity index is 3.02. The lowest BCUT2D eigenvalue weighted by Gasteiger charge is -2.03. The van der Waals surface area contributed by atoms with Gasteiger partial charge in [0.05, 0.1) is 6.54 Å². The van der Waals surface area contributed by atoms with Crippen molar-refractivity contribution in [3.8, 4) is 0 Å². The predicted molar refractivity (Wildman–Crippen MR) is 52.7 cm³/mol. The number of ether oxygens (including phenoxy) is 1. The Morgan fingerprint density at radius 1 is 1.31 bits per heavy atom. The maximum absolute atomic E-state index is 10.9. The summed E-state index contributed by atoms with van der Waals surface area (Å²) in [6, 6.07) is 0. The van der Waals surface area contributed by atoms with E-state index in [9.17, 15) is 4.79 Å². The van der Waals surface area contributed by atoms with Gasteiger partial charge in [0, 0.05) is 20.3 Å². The lowest BCUT2D eigenvalue weighted by molar-refractivity contribution is -0.120. The van der Waals surface area contributed by atoms with E-state index in [-0.39, 0.29) is 5.91 Å². The Morgan fingerprint density at radius 2 is 2.08 bits per heavy atom. The van der Waals surface area contributed by atoms with Crippen LogP contribution in [0.25, 0.3) is 0 Å². The molecule has 0 fully saturated rings. The molecule has 78 valence electrons. The summed E-state index contributed by atoms with van der Waals surface area (Å²) in [5, 5.41) is 5.61. The largest absolute Gasteiger partial charge is 0.385 e. The highest BCUT2D eigenvalue weighted by Gasteiger charge is 1.96. The first kappa shape index (κ1) is 12.4. The van der Waals surface area contributed by atoms with Crippen molar-refractivity contribution >= 4 is 5.91 Å². The molecule has 0 aliphatic rings. The van der Waals surface area contributed by atoms with Gasteiger partial charge >= 0.3 is 0 Å². The molecule has 0 radical (unpaired) electrons. The fourth-order valence-corrected chi connectivity index (χ4v) is 0.999. The lowest BCUT2D eigenvalue weighted by Crippen LogP contribution is -2.32. The first-order valence-electron chi connectivity index (χ1n) is 4.71. The average Bonchev–Trinajstić information content (AvgIpc) is 2.11. The Kier molecular flexibility index (Phi) is 9.03. The Morgan fingerprint density at radius 3 is 2.69 bits per heavy atom. The van der Waals surface area contributed by atoms with E-state index in [0.717, 1.165) is 32.4 Å². The van der Waals surface area contributed by atoms with E-state index < -0.39 is 0 Å². The van der Waals surface area contributed by atoms with Crippen LogP contribution in [-0.2, 0) is 9.53 Å². The van der Waals surface area contributed by atoms with E-state index >= 15 is 0 Å². The summed E-state index contributed by atoms with van der Waals surface area (Å²) in [4.78, 5) is 10.9. The molecule has 4 heteroatoms. The van der Waals surface area contributed by atoms with E-state index in [2.05, 4.69) is 10.6 Å². The normalized spacial score (nSPS) is 10.0. The second kappa shape index (κ2) is 9.48. The number of amides is 1. The number of hydrogen-bond acceptors (Lipinski definition) is 3. The fraction of sp³-hybridized carbons (Fsp3) is 0.889. The fourth-order valence-electron chi connectivity index (χ4n) is 0.999. The van der Waals surface area contributed by atoms with Crippen LogP contribution < -0.4 is 10.6 Å². The number of unbranched alkanes of at least 4 members (excludes halogenated alkanes) is 2. The van der Waals surface area contributed by atoms with E-state index in [1.54, 1.807) is 14.2 Å². The van der Waals surface area contributed by atoms with Gasteiger partial charge in [0.25, 0.3) is 0 Å². The molecule has 0 aliphatic heterocycles. The molecule has 1 amide bonds. The number of nitrogens with one attached hydrogen (secondary N) is 2. The van der Waals surface area contributed by atoms with E-state index in [1.807, 2.05) is 0 Å². The smallest absolute Gasteiger partial charge is 0.233 e. The van der Waals surface area contributed by atoms with Crippen molar-refractivity contribution in [2.75, 3.05) is 33.9 Å². The van der Waals surface area contributed by atoms with Gasteiger partial charge in [-0.15, -0.1) is 0 Å². The van der Waals surface area contributed by atoms with Crippen molar-refractivity contribution in [1.82, 2.24) is 10.6 Å². The molecule has 0 bridgehead atoms. The maximum atomic E-state index is 10.9. The summed E-state index contributed by atoms with van der Waals surface area (Å²) in [6.07, 6.45) is 3.20. The van der Waals surface area contributed by atoms with Crippen molar-refractivity contribution in [1.29, 1.82) is 0 Å². The molecule has 0 aromatic rings. The zero-order valence-corrected chi connectivity index (χ0v) is 8.56. The Hall–Kier alpha value is -0.610. The number of rotatable bonds is 8. The second-order valence-corrected chi connectivity index (χ2v) is 2.93. The van der Waals surface area contributed by atoms with Crippen LogP contribution in [-0.4, -0.2) is 39.8 Å². The number of carbonyl (C=O) groups is 1. The van der Waals surface area contributed by atoms with Crippen molar-refractivity contribution in [2.45, 2.75) is 19.3 Å². The summed E-state index contributed by atoms with van der Waals surface area (Å²) in [6.45, 7) is 1.98. The van der Waals surface area contributed by atoms with Gasteiger partial charge in [-0.05, 0) is 26.3 Å². The van der Waals surface area contributed by atoms with E-state index in [1.165, 1.54) is 0 Å². The van der Waals surface area contributed by atoms with Crippen molar-refractivity contribution in [3.63, 3.8) is 0 Å². The molecule has 0 saturated heterocycles. The monoisotopic (exact) mass is 188 g/mol. The van der Waals surface area contributed by atoms with Gasteiger partial charge in [-0.25, -0.2) is 0 Å². The Labute approximate surface area is 80.0 Å². The molecular formula is C9H20N2O2. The van der Waals surface area contributed by atoms with Crippen LogP contribution in [0, 0.1) is 0 Å². The number of likely N-dealkylation sites (N-methyl/N-ethyl adjacent to an activating group) is 1. The highest BCUT2D eigenvalue weighted by molar-refractivity contribution is 5.77. The van der Waals surface area contributed by atoms with E-state index in [0.29, 0.717) is 6.54 Å². The van der Waals surface area contributed by atoms with Crippen LogP contribution in [0.5, 0.6) is 0 Å². The Bertz CT molecular complexity index is 129. The minimum Gasteiger partial charge on any atom is -0.385 e. The third kappa shape index (κ3) is 9.30. The molecule has 0 atom stereocenters. The molecule has 0 unspecified atom stereocenters. The molecule has 0 spiro atoms. The second-order valence-electron chi connectivity index (χ2n) is 2.93. The molecule has 13 heavy (non-hydrogen) atoms. The third-order valence-electron chi connectivity index (χ3n) is 1.68. The molecule has 0 rings (SSSR count). The summed E-state index contributed by atoms with van der Waals surface area (Å²) >= 11 is 0. The van der Waals surface area contributed by atoms with Gasteiger partial charge in [-0.1, -0.05) is 0 Å². The van der Waals surface area contributed by atoms with Crippen molar-refractivity contribution in [3.05, 3.63) is 0 Å². The number of carbonyl (C=O) groups excluding carboxylic acids is 1. The quantitative estimate of drug-likeness (QED) is 0.533. The topological polar surface area (TPSA) is 50.4 Å². The van der Waals surface area contributed by atoms with Crippen molar-refractivity contribution < 1.29 is 9.53 Å². The number of methoxy groups -OCH3 is 1. The zero-order valence-electron chi connectivity index (χ0n) is 8.56. The van der Waals surface area contributed by atoms with Gasteiger partial charge < -0.3 is 15.4 Å². The number of hydrogen-bond donors (Lipinski definition) is 2. The minimum atomic E-state index is 0.0641.